The van der Waals surface area contributed by atoms with Crippen LogP contribution < -0.4 is 15.1 Å². The second-order valence-corrected chi connectivity index (χ2v) is 9.62. The Balaban J connectivity index is 1.22. The lowest BCUT2D eigenvalue weighted by Gasteiger charge is -2.38. The minimum Gasteiger partial charge on any atom is -0.296 e. The quantitative estimate of drug-likeness (QED) is 0.639. The number of nitrogens with one attached hydrogen (secondary N) is 1. The molecule has 0 spiro atoms. The highest BCUT2D eigenvalue weighted by Crippen LogP contribution is 2.23. The van der Waals surface area contributed by atoms with E-state index in [0.29, 0.717) is 17.2 Å². The van der Waals surface area contributed by atoms with Crippen LogP contribution in [0.15, 0.2) is 41.1 Å². The highest BCUT2D eigenvalue weighted by Gasteiger charge is 2.30. The summed E-state index contributed by atoms with van der Waals surface area (Å²) in [6.07, 6.45) is 8.43. The summed E-state index contributed by atoms with van der Waals surface area (Å²) < 4.78 is 5.33. The maximum absolute atomic E-state index is 12.5. The molecule has 1 saturated heterocycles. The lowest BCUT2D eigenvalue weighted by molar-refractivity contribution is -0.759. The average molecular weight is 459 g/mol. The number of hydrogen-bond donors (Lipinski definition) is 1. The Morgan fingerprint density at radius 1 is 1.16 bits per heavy atom. The third kappa shape index (κ3) is 5.89. The molecule has 1 amide bonds. The zero-order chi connectivity index (χ0) is 22.3. The number of carbonyl (C=O) groups excluding carboxylic acids is 2. The van der Waals surface area contributed by atoms with Crippen LogP contribution in [-0.2, 0) is 4.79 Å². The first-order valence-electron chi connectivity index (χ1n) is 11.5. The topological polar surface area (TPSA) is 82.6 Å². The predicted octanol–water partition coefficient (Wildman–Crippen LogP) is 2.70. The monoisotopic (exact) mass is 458 g/mol. The van der Waals surface area contributed by atoms with Crippen LogP contribution in [0.4, 0.5) is 5.88 Å². The normalized spacial score (nSPS) is 19.0. The second-order valence-electron chi connectivity index (χ2n) is 8.62. The molecule has 2 heterocycles. The molecule has 2 fully saturated rings. The standard InChI is InChI=1S/C23H31N5O3S/c1-18(17-32-23(30)19-8-4-2-5-9-19)22(29)24-21-16-28(25-31-21)27-14-12-26(13-15-27)20-10-6-3-7-11-20/h2,4-5,8-9,16,18,20H,3,6-7,10-15,17H2,1H3/p+1/t18-/m1/s1. The Morgan fingerprint density at radius 3 is 2.59 bits per heavy atom. The molecule has 2 aromatic rings. The van der Waals surface area contributed by atoms with Gasteiger partial charge >= 0.3 is 5.88 Å². The number of piperazine rings is 1. The molecule has 2 aliphatic rings. The van der Waals surface area contributed by atoms with Gasteiger partial charge in [0.1, 0.15) is 0 Å². The Hall–Kier alpha value is -2.39. The van der Waals surface area contributed by atoms with Crippen LogP contribution in [0.3, 0.4) is 0 Å². The fourth-order valence-corrected chi connectivity index (χ4v) is 5.19. The van der Waals surface area contributed by atoms with E-state index >= 15 is 0 Å². The zero-order valence-corrected chi connectivity index (χ0v) is 19.4. The molecular weight excluding hydrogens is 426 g/mol. The molecule has 4 rings (SSSR count). The number of thioether (sulfide) groups is 1. The van der Waals surface area contributed by atoms with Gasteiger partial charge in [0.25, 0.3) is 6.20 Å². The van der Waals surface area contributed by atoms with Crippen molar-refractivity contribution in [1.29, 1.82) is 0 Å². The van der Waals surface area contributed by atoms with Crippen molar-refractivity contribution >= 4 is 28.7 Å². The lowest BCUT2D eigenvalue weighted by Crippen LogP contribution is -2.66. The van der Waals surface area contributed by atoms with Crippen LogP contribution in [0, 0.1) is 5.92 Å². The predicted molar refractivity (Wildman–Crippen MR) is 124 cm³/mol. The van der Waals surface area contributed by atoms with Gasteiger partial charge in [-0.25, -0.2) is 0 Å². The van der Waals surface area contributed by atoms with E-state index in [4.69, 9.17) is 4.52 Å². The van der Waals surface area contributed by atoms with Crippen LogP contribution in [0.25, 0.3) is 0 Å². The first-order chi connectivity index (χ1) is 15.6. The van der Waals surface area contributed by atoms with Gasteiger partial charge in [-0.05, 0) is 12.8 Å². The molecule has 32 heavy (non-hydrogen) atoms. The van der Waals surface area contributed by atoms with Crippen molar-refractivity contribution in [1.82, 2.24) is 10.2 Å². The molecule has 0 bridgehead atoms. The van der Waals surface area contributed by atoms with Gasteiger partial charge in [0.05, 0.1) is 17.9 Å². The van der Waals surface area contributed by atoms with Gasteiger partial charge in [-0.15, -0.1) is 0 Å². The first-order valence-corrected chi connectivity index (χ1v) is 12.5. The zero-order valence-electron chi connectivity index (χ0n) is 18.6. The van der Waals surface area contributed by atoms with Crippen LogP contribution in [-0.4, -0.2) is 59.2 Å². The van der Waals surface area contributed by atoms with Crippen LogP contribution in [0.2, 0.25) is 0 Å². The van der Waals surface area contributed by atoms with E-state index in [2.05, 4.69) is 20.5 Å². The van der Waals surface area contributed by atoms with Crippen molar-refractivity contribution in [2.45, 2.75) is 45.1 Å². The Kier molecular flexibility index (Phi) is 7.81. The SMILES string of the molecule is C[C@H](CSC(=O)c1ccccc1)C(=O)Nc1c[n+](N2CCN(C3CCCCC3)CC2)no1. The third-order valence-corrected chi connectivity index (χ3v) is 7.46. The number of hydrogen-bond acceptors (Lipinski definition) is 7. The molecule has 0 radical (unpaired) electrons. The minimum atomic E-state index is -0.342. The number of carbonyl (C=O) groups is 2. The van der Waals surface area contributed by atoms with Gasteiger partial charge in [-0.3, -0.25) is 24.3 Å². The Labute approximate surface area is 193 Å². The summed E-state index contributed by atoms with van der Waals surface area (Å²) in [5.74, 6) is 0.182. The van der Waals surface area contributed by atoms with Gasteiger partial charge in [0.15, 0.2) is 0 Å². The van der Waals surface area contributed by atoms with Crippen molar-refractivity contribution in [2.75, 3.05) is 42.3 Å². The summed E-state index contributed by atoms with van der Waals surface area (Å²) >= 11 is 1.15. The van der Waals surface area contributed by atoms with E-state index in [1.54, 1.807) is 30.0 Å². The largest absolute Gasteiger partial charge is 0.305 e. The van der Waals surface area contributed by atoms with Crippen LogP contribution in [0.1, 0.15) is 49.4 Å². The summed E-state index contributed by atoms with van der Waals surface area (Å²) in [6.45, 7) is 5.62. The maximum atomic E-state index is 12.5. The average Bonchev–Trinajstić information content (AvgIpc) is 3.32. The fraction of sp³-hybridized carbons (Fsp3) is 0.565. The number of anilines is 1. The summed E-state index contributed by atoms with van der Waals surface area (Å²) in [7, 11) is 0. The molecule has 1 aliphatic heterocycles. The van der Waals surface area contributed by atoms with Crippen molar-refractivity contribution in [3.8, 4) is 0 Å². The van der Waals surface area contributed by atoms with E-state index in [-0.39, 0.29) is 16.9 Å². The molecule has 1 saturated carbocycles. The molecule has 1 aliphatic carbocycles. The van der Waals surface area contributed by atoms with Crippen molar-refractivity contribution in [3.05, 3.63) is 42.1 Å². The number of rotatable bonds is 7. The summed E-state index contributed by atoms with van der Waals surface area (Å²) in [5, 5.41) is 8.96. The second kappa shape index (κ2) is 11.0. The van der Waals surface area contributed by atoms with Gasteiger partial charge in [-0.2, -0.15) is 5.01 Å². The van der Waals surface area contributed by atoms with Gasteiger partial charge in [-0.1, -0.05) is 68.3 Å². The summed E-state index contributed by atoms with van der Waals surface area (Å²) in [5.41, 5.74) is 0.643. The highest BCUT2D eigenvalue weighted by atomic mass is 32.2. The van der Waals surface area contributed by atoms with E-state index in [9.17, 15) is 9.59 Å². The van der Waals surface area contributed by atoms with Crippen molar-refractivity contribution in [2.24, 2.45) is 5.92 Å². The molecule has 1 aromatic carbocycles. The summed E-state index contributed by atoms with van der Waals surface area (Å²) in [6, 6.07) is 9.83. The van der Waals surface area contributed by atoms with Gasteiger partial charge in [0, 0.05) is 36.4 Å². The van der Waals surface area contributed by atoms with Gasteiger partial charge < -0.3 is 0 Å². The molecule has 172 valence electrons. The van der Waals surface area contributed by atoms with Crippen LogP contribution >= 0.6 is 11.8 Å². The maximum Gasteiger partial charge on any atom is 0.305 e. The Morgan fingerprint density at radius 2 is 1.88 bits per heavy atom. The number of amides is 1. The molecule has 9 heteroatoms. The minimum absolute atomic E-state index is 0.0323. The first kappa shape index (κ1) is 22.8. The number of aromatic nitrogens is 2. The van der Waals surface area contributed by atoms with Crippen molar-refractivity contribution < 1.29 is 18.9 Å². The smallest absolute Gasteiger partial charge is 0.296 e. The van der Waals surface area contributed by atoms with Crippen LogP contribution in [0.5, 0.6) is 0 Å². The highest BCUT2D eigenvalue weighted by molar-refractivity contribution is 8.14. The van der Waals surface area contributed by atoms with E-state index in [1.807, 2.05) is 18.2 Å². The van der Waals surface area contributed by atoms with E-state index < -0.39 is 0 Å². The molecule has 1 aromatic heterocycles. The number of benzene rings is 1. The molecule has 1 N–H and O–H groups in total. The van der Waals surface area contributed by atoms with E-state index in [0.717, 1.165) is 44.0 Å². The third-order valence-electron chi connectivity index (χ3n) is 6.29. The van der Waals surface area contributed by atoms with Gasteiger partial charge in [0.2, 0.25) is 16.3 Å². The number of nitrogens with zero attached hydrogens (tertiary/aromatic N) is 4. The van der Waals surface area contributed by atoms with E-state index in [1.165, 1.54) is 32.1 Å². The lowest BCUT2D eigenvalue weighted by atomic mass is 9.94. The molecule has 1 atom stereocenters. The summed E-state index contributed by atoms with van der Waals surface area (Å²) in [4.78, 5) is 29.0. The molecule has 0 unspecified atom stereocenters. The fourth-order valence-electron chi connectivity index (χ4n) is 4.33. The molecule has 8 nitrogen and oxygen atoms in total. The van der Waals surface area contributed by atoms with Crippen molar-refractivity contribution in [3.63, 3.8) is 0 Å². The molecular formula is C23H32N5O3S+. The Bertz CT molecular complexity index is 892.